The number of hydrogen-bond donors (Lipinski definition) is 0. The van der Waals surface area contributed by atoms with Crippen LogP contribution < -0.4 is 0 Å². The number of nitrogens with zero attached hydrogens (tertiary/aromatic N) is 2. The summed E-state index contributed by atoms with van der Waals surface area (Å²) >= 11 is 0. The summed E-state index contributed by atoms with van der Waals surface area (Å²) < 4.78 is 50.5. The van der Waals surface area contributed by atoms with Crippen LogP contribution in [-0.2, 0) is 29.5 Å². The Bertz CT molecular complexity index is 919. The number of rotatable bonds is 4. The SMILES string of the molecule is O=C(N1CC2(C1)CS(=O)(=O)[C@@H](CN1CCOCC1)CO2)C1(c2ccc(F)cc2)CC1. The van der Waals surface area contributed by atoms with Gasteiger partial charge in [0.1, 0.15) is 11.4 Å². The molecular formula is C21H27FN2O5S. The van der Waals surface area contributed by atoms with Crippen LogP contribution in [0.5, 0.6) is 0 Å². The second kappa shape index (κ2) is 7.25. The first-order valence-corrected chi connectivity index (χ1v) is 12.2. The van der Waals surface area contributed by atoms with Crippen LogP contribution >= 0.6 is 0 Å². The summed E-state index contributed by atoms with van der Waals surface area (Å²) in [6.45, 7) is 3.99. The number of morpholine rings is 1. The van der Waals surface area contributed by atoms with Crippen molar-refractivity contribution < 1.29 is 27.1 Å². The topological polar surface area (TPSA) is 76.2 Å². The van der Waals surface area contributed by atoms with E-state index >= 15 is 0 Å². The van der Waals surface area contributed by atoms with Crippen LogP contribution in [-0.4, -0.2) is 93.3 Å². The summed E-state index contributed by atoms with van der Waals surface area (Å²) in [5.74, 6) is -0.365. The van der Waals surface area contributed by atoms with Gasteiger partial charge < -0.3 is 14.4 Å². The number of sulfone groups is 1. The van der Waals surface area contributed by atoms with Gasteiger partial charge in [0.05, 0.1) is 49.3 Å². The summed E-state index contributed by atoms with van der Waals surface area (Å²) in [4.78, 5) is 16.9. The van der Waals surface area contributed by atoms with E-state index in [0.29, 0.717) is 32.8 Å². The normalized spacial score (nSPS) is 29.4. The van der Waals surface area contributed by atoms with Crippen LogP contribution in [0.4, 0.5) is 4.39 Å². The molecular weight excluding hydrogens is 411 g/mol. The molecule has 0 aromatic heterocycles. The van der Waals surface area contributed by atoms with Gasteiger partial charge >= 0.3 is 0 Å². The van der Waals surface area contributed by atoms with Crippen LogP contribution in [0.25, 0.3) is 0 Å². The van der Waals surface area contributed by atoms with E-state index < -0.39 is 26.1 Å². The summed E-state index contributed by atoms with van der Waals surface area (Å²) in [5.41, 5.74) is -0.533. The Hall–Kier alpha value is -1.55. The maximum absolute atomic E-state index is 13.2. The standard InChI is InChI=1S/C21H27FN2O5S/c22-17-3-1-16(2-4-17)21(5-6-21)19(25)24-13-20(14-24)15-30(26,27)18(12-29-20)11-23-7-9-28-10-8-23/h1-4,18H,5-15H2/t18-/m0/s1. The molecule has 9 heteroatoms. The second-order valence-electron chi connectivity index (χ2n) is 9.09. The highest BCUT2D eigenvalue weighted by Crippen LogP contribution is 2.51. The van der Waals surface area contributed by atoms with Crippen LogP contribution in [0, 0.1) is 5.82 Å². The Morgan fingerprint density at radius 1 is 1.13 bits per heavy atom. The molecule has 3 heterocycles. The summed E-state index contributed by atoms with van der Waals surface area (Å²) in [6.07, 6.45) is 1.48. The quantitative estimate of drug-likeness (QED) is 0.685. The Morgan fingerprint density at radius 3 is 2.40 bits per heavy atom. The summed E-state index contributed by atoms with van der Waals surface area (Å²) in [5, 5.41) is -0.528. The fraction of sp³-hybridized carbons (Fsp3) is 0.667. The van der Waals surface area contributed by atoms with Gasteiger partial charge in [-0.1, -0.05) is 12.1 Å². The molecule has 1 spiro atoms. The number of hydrogen-bond acceptors (Lipinski definition) is 6. The van der Waals surface area contributed by atoms with E-state index in [2.05, 4.69) is 4.90 Å². The molecule has 3 aliphatic heterocycles. The van der Waals surface area contributed by atoms with E-state index in [4.69, 9.17) is 9.47 Å². The maximum Gasteiger partial charge on any atom is 0.233 e. The van der Waals surface area contributed by atoms with Gasteiger partial charge in [-0.2, -0.15) is 0 Å². The number of benzene rings is 1. The van der Waals surface area contributed by atoms with Gasteiger partial charge in [0.15, 0.2) is 9.84 Å². The van der Waals surface area contributed by atoms with E-state index in [1.54, 1.807) is 17.0 Å². The predicted molar refractivity (Wildman–Crippen MR) is 107 cm³/mol. The largest absolute Gasteiger partial charge is 0.379 e. The van der Waals surface area contributed by atoms with Crippen molar-refractivity contribution in [3.63, 3.8) is 0 Å². The molecule has 0 radical (unpaired) electrons. The maximum atomic E-state index is 13.2. The van der Waals surface area contributed by atoms with Gasteiger partial charge in [0.2, 0.25) is 5.91 Å². The minimum Gasteiger partial charge on any atom is -0.379 e. The van der Waals surface area contributed by atoms with E-state index in [0.717, 1.165) is 31.5 Å². The van der Waals surface area contributed by atoms with Crippen molar-refractivity contribution in [2.24, 2.45) is 0 Å². The Balaban J connectivity index is 1.21. The molecule has 1 aromatic carbocycles. The summed E-state index contributed by atoms with van der Waals surface area (Å²) in [6, 6.07) is 6.11. The van der Waals surface area contributed by atoms with Crippen molar-refractivity contribution in [1.82, 2.24) is 9.80 Å². The monoisotopic (exact) mass is 438 g/mol. The van der Waals surface area contributed by atoms with Gasteiger partial charge in [-0.25, -0.2) is 12.8 Å². The van der Waals surface area contributed by atoms with E-state index in [-0.39, 0.29) is 24.1 Å². The number of likely N-dealkylation sites (tertiary alicyclic amines) is 1. The van der Waals surface area contributed by atoms with Crippen molar-refractivity contribution in [1.29, 1.82) is 0 Å². The van der Waals surface area contributed by atoms with Crippen molar-refractivity contribution >= 4 is 15.7 Å². The second-order valence-corrected chi connectivity index (χ2v) is 11.4. The summed E-state index contributed by atoms with van der Waals surface area (Å²) in [7, 11) is -3.30. The van der Waals surface area contributed by atoms with Gasteiger partial charge in [0.25, 0.3) is 0 Å². The van der Waals surface area contributed by atoms with E-state index in [1.807, 2.05) is 0 Å². The third-order valence-corrected chi connectivity index (χ3v) is 9.14. The van der Waals surface area contributed by atoms with Crippen molar-refractivity contribution in [2.75, 3.05) is 58.3 Å². The zero-order chi connectivity index (χ0) is 21.0. The molecule has 3 saturated heterocycles. The number of halogens is 1. The Morgan fingerprint density at radius 2 is 1.80 bits per heavy atom. The van der Waals surface area contributed by atoms with E-state index in [9.17, 15) is 17.6 Å². The number of ether oxygens (including phenoxy) is 2. The highest BCUT2D eigenvalue weighted by atomic mass is 32.2. The average molecular weight is 439 g/mol. The fourth-order valence-electron chi connectivity index (χ4n) is 4.94. The predicted octanol–water partition coefficient (Wildman–Crippen LogP) is 0.584. The smallest absolute Gasteiger partial charge is 0.233 e. The molecule has 1 aliphatic carbocycles. The van der Waals surface area contributed by atoms with E-state index in [1.165, 1.54) is 12.1 Å². The number of carbonyl (C=O) groups is 1. The molecule has 0 bridgehead atoms. The van der Waals surface area contributed by atoms with Crippen molar-refractivity contribution in [3.05, 3.63) is 35.6 Å². The van der Waals surface area contributed by atoms with Crippen LogP contribution in [0.15, 0.2) is 24.3 Å². The lowest BCUT2D eigenvalue weighted by Gasteiger charge is -2.53. The van der Waals surface area contributed by atoms with Crippen LogP contribution in [0.3, 0.4) is 0 Å². The van der Waals surface area contributed by atoms with Crippen LogP contribution in [0.1, 0.15) is 18.4 Å². The molecule has 5 rings (SSSR count). The molecule has 0 unspecified atom stereocenters. The Kier molecular flexibility index (Phi) is 4.92. The first-order valence-electron chi connectivity index (χ1n) is 10.5. The minimum absolute atomic E-state index is 0.00355. The molecule has 30 heavy (non-hydrogen) atoms. The lowest BCUT2D eigenvalue weighted by atomic mass is 9.89. The molecule has 4 fully saturated rings. The highest BCUT2D eigenvalue weighted by Gasteiger charge is 2.60. The first kappa shape index (κ1) is 20.4. The third-order valence-electron chi connectivity index (χ3n) is 6.91. The third kappa shape index (κ3) is 3.55. The average Bonchev–Trinajstić information content (AvgIpc) is 3.50. The zero-order valence-electron chi connectivity index (χ0n) is 16.9. The number of amides is 1. The molecule has 1 amide bonds. The molecule has 1 aromatic rings. The molecule has 4 aliphatic rings. The van der Waals surface area contributed by atoms with Gasteiger partial charge in [-0.3, -0.25) is 9.69 Å². The zero-order valence-corrected chi connectivity index (χ0v) is 17.7. The molecule has 164 valence electrons. The lowest BCUT2D eigenvalue weighted by molar-refractivity contribution is -0.167. The molecule has 1 atom stereocenters. The number of carbonyl (C=O) groups excluding carboxylic acids is 1. The van der Waals surface area contributed by atoms with Crippen LogP contribution in [0.2, 0.25) is 0 Å². The Labute approximate surface area is 176 Å². The molecule has 7 nitrogen and oxygen atoms in total. The van der Waals surface area contributed by atoms with Crippen molar-refractivity contribution in [3.8, 4) is 0 Å². The van der Waals surface area contributed by atoms with Gasteiger partial charge in [-0.15, -0.1) is 0 Å². The minimum atomic E-state index is -3.30. The van der Waals surface area contributed by atoms with Crippen molar-refractivity contribution in [2.45, 2.75) is 29.1 Å². The first-order chi connectivity index (χ1) is 14.3. The molecule has 0 N–H and O–H groups in total. The highest BCUT2D eigenvalue weighted by molar-refractivity contribution is 7.92. The molecule has 1 saturated carbocycles. The van der Waals surface area contributed by atoms with Gasteiger partial charge in [0, 0.05) is 19.6 Å². The van der Waals surface area contributed by atoms with Gasteiger partial charge in [-0.05, 0) is 30.5 Å². The lowest BCUT2D eigenvalue weighted by Crippen LogP contribution is -2.72. The fourth-order valence-corrected chi connectivity index (χ4v) is 6.88.